The van der Waals surface area contributed by atoms with Gasteiger partial charge in [-0.3, -0.25) is 19.3 Å². The number of rotatable bonds is 7. The molecule has 3 amide bonds. The number of imide groups is 1. The predicted octanol–water partition coefficient (Wildman–Crippen LogP) is 4.39. The highest BCUT2D eigenvalue weighted by Crippen LogP contribution is 2.32. The van der Waals surface area contributed by atoms with Crippen LogP contribution in [0.1, 0.15) is 23.6 Å². The molecule has 0 atom stereocenters. The van der Waals surface area contributed by atoms with Crippen molar-refractivity contribution in [3.63, 3.8) is 0 Å². The quantitative estimate of drug-likeness (QED) is 0.535. The molecule has 0 unspecified atom stereocenters. The van der Waals surface area contributed by atoms with Gasteiger partial charge in [0.05, 0.1) is 5.57 Å². The third kappa shape index (κ3) is 4.85. The summed E-state index contributed by atoms with van der Waals surface area (Å²) < 4.78 is 0. The molecule has 0 spiro atoms. The van der Waals surface area contributed by atoms with Gasteiger partial charge in [0.1, 0.15) is 5.70 Å². The van der Waals surface area contributed by atoms with Gasteiger partial charge in [0.2, 0.25) is 5.91 Å². The Morgan fingerprint density at radius 3 is 2.18 bits per heavy atom. The molecule has 0 saturated carbocycles. The Hall–Kier alpha value is -4.19. The zero-order valence-corrected chi connectivity index (χ0v) is 18.6. The molecule has 6 heteroatoms. The number of benzene rings is 3. The molecule has 2 N–H and O–H groups in total. The first kappa shape index (κ1) is 22.0. The van der Waals surface area contributed by atoms with Crippen LogP contribution in [0.25, 0.3) is 5.57 Å². The van der Waals surface area contributed by atoms with E-state index < -0.39 is 0 Å². The van der Waals surface area contributed by atoms with Crippen LogP contribution in [0.3, 0.4) is 0 Å². The number of amides is 3. The lowest BCUT2D eigenvalue weighted by atomic mass is 10.0. The Balaban J connectivity index is 1.67. The maximum Gasteiger partial charge on any atom is 0.278 e. The molecule has 0 radical (unpaired) electrons. The van der Waals surface area contributed by atoms with E-state index in [1.165, 1.54) is 11.8 Å². The van der Waals surface area contributed by atoms with E-state index in [0.29, 0.717) is 23.2 Å². The lowest BCUT2D eigenvalue weighted by Gasteiger charge is -2.15. The van der Waals surface area contributed by atoms with Crippen LogP contribution in [0.5, 0.6) is 0 Å². The van der Waals surface area contributed by atoms with Crippen LogP contribution in [0, 0.1) is 6.92 Å². The van der Waals surface area contributed by atoms with E-state index in [2.05, 4.69) is 10.6 Å². The van der Waals surface area contributed by atoms with Gasteiger partial charge in [-0.25, -0.2) is 0 Å². The number of nitrogens with one attached hydrogen (secondary N) is 2. The van der Waals surface area contributed by atoms with Gasteiger partial charge in [0.25, 0.3) is 11.8 Å². The van der Waals surface area contributed by atoms with Crippen molar-refractivity contribution >= 4 is 34.7 Å². The van der Waals surface area contributed by atoms with Crippen molar-refractivity contribution in [2.24, 2.45) is 0 Å². The Bertz CT molecular complexity index is 1230. The Kier molecular flexibility index (Phi) is 6.36. The zero-order chi connectivity index (χ0) is 23.4. The molecule has 3 aromatic carbocycles. The number of carbonyl (C=O) groups excluding carboxylic acids is 3. The fourth-order valence-corrected chi connectivity index (χ4v) is 3.82. The molecular weight excluding hydrogens is 414 g/mol. The van der Waals surface area contributed by atoms with E-state index in [1.807, 2.05) is 61.5 Å². The number of carbonyl (C=O) groups is 3. The van der Waals surface area contributed by atoms with E-state index in [-0.39, 0.29) is 30.0 Å². The molecule has 33 heavy (non-hydrogen) atoms. The second-order valence-electron chi connectivity index (χ2n) is 7.95. The van der Waals surface area contributed by atoms with Crippen molar-refractivity contribution in [1.29, 1.82) is 0 Å². The molecule has 0 bridgehead atoms. The summed E-state index contributed by atoms with van der Waals surface area (Å²) in [6.45, 7) is 3.66. The molecular formula is C27H25N3O3. The highest BCUT2D eigenvalue weighted by Gasteiger charge is 2.39. The number of nitrogens with zero attached hydrogens (tertiary/aromatic N) is 1. The summed E-state index contributed by atoms with van der Waals surface area (Å²) in [6, 6.07) is 24.3. The van der Waals surface area contributed by atoms with E-state index in [9.17, 15) is 14.4 Å². The fourth-order valence-electron chi connectivity index (χ4n) is 3.82. The van der Waals surface area contributed by atoms with Crippen molar-refractivity contribution in [3.05, 3.63) is 101 Å². The van der Waals surface area contributed by atoms with E-state index in [0.717, 1.165) is 16.8 Å². The van der Waals surface area contributed by atoms with Crippen LogP contribution in [0.4, 0.5) is 11.4 Å². The highest BCUT2D eigenvalue weighted by atomic mass is 16.2. The molecule has 0 aliphatic carbocycles. The summed E-state index contributed by atoms with van der Waals surface area (Å²) in [5, 5.41) is 5.93. The van der Waals surface area contributed by atoms with Crippen LogP contribution in [-0.2, 0) is 20.8 Å². The van der Waals surface area contributed by atoms with Gasteiger partial charge in [-0.05, 0) is 48.2 Å². The number of hydrogen-bond acceptors (Lipinski definition) is 4. The Morgan fingerprint density at radius 1 is 0.848 bits per heavy atom. The minimum absolute atomic E-state index is 0.178. The van der Waals surface area contributed by atoms with Crippen LogP contribution >= 0.6 is 0 Å². The zero-order valence-electron chi connectivity index (χ0n) is 18.6. The van der Waals surface area contributed by atoms with Crippen molar-refractivity contribution in [2.75, 3.05) is 17.2 Å². The monoisotopic (exact) mass is 439 g/mol. The SMILES string of the molecule is CC(=O)Nc1ccc(C2=C(Nc3ccccc3C)C(=O)N(CCc3ccccc3)C2=O)cc1. The summed E-state index contributed by atoms with van der Waals surface area (Å²) in [4.78, 5) is 39.4. The fraction of sp³-hybridized carbons (Fsp3) is 0.148. The summed E-state index contributed by atoms with van der Waals surface area (Å²) in [5.41, 5.74) is 4.61. The van der Waals surface area contributed by atoms with Gasteiger partial charge >= 0.3 is 0 Å². The predicted molar refractivity (Wildman–Crippen MR) is 129 cm³/mol. The number of aryl methyl sites for hydroxylation is 1. The van der Waals surface area contributed by atoms with Crippen LogP contribution in [-0.4, -0.2) is 29.2 Å². The molecule has 0 aromatic heterocycles. The first-order valence-electron chi connectivity index (χ1n) is 10.8. The largest absolute Gasteiger partial charge is 0.350 e. The molecule has 4 rings (SSSR count). The lowest BCUT2D eigenvalue weighted by molar-refractivity contribution is -0.136. The van der Waals surface area contributed by atoms with Crippen LogP contribution < -0.4 is 10.6 Å². The molecule has 0 fully saturated rings. The minimum Gasteiger partial charge on any atom is -0.350 e. The van der Waals surface area contributed by atoms with Crippen molar-refractivity contribution in [1.82, 2.24) is 4.90 Å². The minimum atomic E-state index is -0.347. The maximum absolute atomic E-state index is 13.4. The summed E-state index contributed by atoms with van der Waals surface area (Å²) in [5.74, 6) is -0.859. The van der Waals surface area contributed by atoms with Crippen LogP contribution in [0.15, 0.2) is 84.6 Å². The highest BCUT2D eigenvalue weighted by molar-refractivity contribution is 6.36. The number of anilines is 2. The number of hydrogen-bond donors (Lipinski definition) is 2. The van der Waals surface area contributed by atoms with Crippen molar-refractivity contribution in [3.8, 4) is 0 Å². The average molecular weight is 440 g/mol. The van der Waals surface area contributed by atoms with Gasteiger partial charge in [-0.15, -0.1) is 0 Å². The van der Waals surface area contributed by atoms with Gasteiger partial charge in [0, 0.05) is 24.8 Å². The normalized spacial score (nSPS) is 13.5. The van der Waals surface area contributed by atoms with Gasteiger partial charge in [0.15, 0.2) is 0 Å². The van der Waals surface area contributed by atoms with Crippen molar-refractivity contribution < 1.29 is 14.4 Å². The van der Waals surface area contributed by atoms with Gasteiger partial charge in [-0.2, -0.15) is 0 Å². The number of para-hydroxylation sites is 1. The van der Waals surface area contributed by atoms with E-state index >= 15 is 0 Å². The van der Waals surface area contributed by atoms with Gasteiger partial charge < -0.3 is 10.6 Å². The van der Waals surface area contributed by atoms with Gasteiger partial charge in [-0.1, -0.05) is 60.7 Å². The van der Waals surface area contributed by atoms with Crippen molar-refractivity contribution in [2.45, 2.75) is 20.3 Å². The first-order valence-corrected chi connectivity index (χ1v) is 10.8. The third-order valence-electron chi connectivity index (χ3n) is 5.53. The second kappa shape index (κ2) is 9.53. The van der Waals surface area contributed by atoms with E-state index in [1.54, 1.807) is 24.3 Å². The Labute approximate surface area is 192 Å². The lowest BCUT2D eigenvalue weighted by Crippen LogP contribution is -2.34. The smallest absolute Gasteiger partial charge is 0.278 e. The van der Waals surface area contributed by atoms with Crippen LogP contribution in [0.2, 0.25) is 0 Å². The summed E-state index contributed by atoms with van der Waals surface area (Å²) in [6.07, 6.45) is 0.574. The third-order valence-corrected chi connectivity index (χ3v) is 5.53. The van der Waals surface area contributed by atoms with E-state index in [4.69, 9.17) is 0 Å². The molecule has 0 saturated heterocycles. The summed E-state index contributed by atoms with van der Waals surface area (Å²) >= 11 is 0. The second-order valence-corrected chi connectivity index (χ2v) is 7.95. The average Bonchev–Trinajstić information content (AvgIpc) is 3.04. The first-order chi connectivity index (χ1) is 15.9. The molecule has 1 aliphatic heterocycles. The maximum atomic E-state index is 13.4. The standard InChI is InChI=1S/C27H25N3O3/c1-18-8-6-7-11-23(18)29-25-24(21-12-14-22(15-13-21)28-19(2)31)26(32)30(27(25)33)17-16-20-9-4-3-5-10-20/h3-15,29H,16-17H2,1-2H3,(H,28,31). The topological polar surface area (TPSA) is 78.5 Å². The molecule has 1 heterocycles. The Morgan fingerprint density at radius 2 is 1.52 bits per heavy atom. The molecule has 3 aromatic rings. The summed E-state index contributed by atoms with van der Waals surface area (Å²) in [7, 11) is 0. The molecule has 1 aliphatic rings. The molecule has 6 nitrogen and oxygen atoms in total. The molecule has 166 valence electrons.